The zero-order valence-corrected chi connectivity index (χ0v) is 10.2. The molecule has 0 fully saturated rings. The molecule has 0 aliphatic rings. The van der Waals surface area contributed by atoms with Crippen LogP contribution in [0.4, 0.5) is 17.8 Å². The molecule has 0 aliphatic heterocycles. The van der Waals surface area contributed by atoms with Gasteiger partial charge in [-0.2, -0.15) is 15.0 Å². The average molecular weight is 248 g/mol. The second-order valence-electron chi connectivity index (χ2n) is 2.89. The third-order valence-corrected chi connectivity index (χ3v) is 3.65. The summed E-state index contributed by atoms with van der Waals surface area (Å²) in [5.74, 6) is 0.125. The van der Waals surface area contributed by atoms with E-state index in [4.69, 9.17) is 22.1 Å². The van der Waals surface area contributed by atoms with Gasteiger partial charge in [-0.15, -0.1) is 0 Å². The minimum Gasteiger partial charge on any atom is -0.368 e. The van der Waals surface area contributed by atoms with Crippen molar-refractivity contribution in [2.24, 2.45) is 0 Å². The Morgan fingerprint density at radius 1 is 1.00 bits per heavy atom. The monoisotopic (exact) mass is 248 g/mol. The highest BCUT2D eigenvalue weighted by molar-refractivity contribution is 7.57. The van der Waals surface area contributed by atoms with Crippen molar-refractivity contribution in [2.75, 3.05) is 29.5 Å². The quantitative estimate of drug-likeness (QED) is 0.529. The van der Waals surface area contributed by atoms with Crippen LogP contribution in [0.15, 0.2) is 0 Å². The van der Waals surface area contributed by atoms with Crippen molar-refractivity contribution in [3.8, 4) is 0 Å². The molecule has 1 aromatic rings. The molecule has 8 nitrogen and oxygen atoms in total. The minimum atomic E-state index is -2.65. The van der Waals surface area contributed by atoms with Gasteiger partial charge in [-0.3, -0.25) is 4.57 Å². The first-order valence-electron chi connectivity index (χ1n) is 4.64. The molecule has 0 bridgehead atoms. The SMILES string of the molecule is CCP(=O)(O)CC.Nc1nc(N)nc(N)n1. The van der Waals surface area contributed by atoms with Crippen molar-refractivity contribution < 1.29 is 9.46 Å². The fourth-order valence-corrected chi connectivity index (χ4v) is 1.10. The highest BCUT2D eigenvalue weighted by Gasteiger charge is 2.08. The fourth-order valence-electron chi connectivity index (χ4n) is 0.651. The molecule has 0 unspecified atom stereocenters. The molecule has 0 saturated heterocycles. The van der Waals surface area contributed by atoms with Crippen molar-refractivity contribution in [1.82, 2.24) is 15.0 Å². The summed E-state index contributed by atoms with van der Waals surface area (Å²) < 4.78 is 10.5. The van der Waals surface area contributed by atoms with Gasteiger partial charge in [-0.25, -0.2) is 0 Å². The van der Waals surface area contributed by atoms with Crippen LogP contribution in [0.2, 0.25) is 0 Å². The van der Waals surface area contributed by atoms with E-state index in [2.05, 4.69) is 15.0 Å². The van der Waals surface area contributed by atoms with Crippen LogP contribution < -0.4 is 17.2 Å². The zero-order chi connectivity index (χ0) is 12.8. The molecular weight excluding hydrogens is 231 g/mol. The van der Waals surface area contributed by atoms with Gasteiger partial charge in [0, 0.05) is 12.3 Å². The van der Waals surface area contributed by atoms with Gasteiger partial charge >= 0.3 is 0 Å². The summed E-state index contributed by atoms with van der Waals surface area (Å²) in [4.78, 5) is 19.2. The topological polar surface area (TPSA) is 154 Å². The lowest BCUT2D eigenvalue weighted by Gasteiger charge is -2.01. The van der Waals surface area contributed by atoms with Gasteiger partial charge in [0.25, 0.3) is 0 Å². The maximum Gasteiger partial charge on any atom is 0.226 e. The molecule has 1 rings (SSSR count). The van der Waals surface area contributed by atoms with Crippen LogP contribution in [0.3, 0.4) is 0 Å². The van der Waals surface area contributed by atoms with Crippen LogP contribution >= 0.6 is 7.37 Å². The Kier molecular flexibility index (Phi) is 5.69. The Morgan fingerprint density at radius 2 is 1.25 bits per heavy atom. The molecule has 0 atom stereocenters. The van der Waals surface area contributed by atoms with E-state index in [9.17, 15) is 4.57 Å². The summed E-state index contributed by atoms with van der Waals surface area (Å²) in [5, 5.41) is 0. The standard InChI is InChI=1S/C4H11O2P.C3H6N6/c1-3-7(5,6)4-2;4-1-7-2(5)9-3(6)8-1/h3-4H2,1-2H3,(H,5,6);(H6,4,5,6,7,8,9). The maximum absolute atomic E-state index is 10.5. The molecule has 0 spiro atoms. The van der Waals surface area contributed by atoms with Gasteiger partial charge < -0.3 is 22.1 Å². The molecule has 16 heavy (non-hydrogen) atoms. The Morgan fingerprint density at radius 3 is 1.38 bits per heavy atom. The molecule has 1 heterocycles. The van der Waals surface area contributed by atoms with E-state index in [0.717, 1.165) is 0 Å². The Balaban J connectivity index is 0.000000293. The van der Waals surface area contributed by atoms with E-state index in [1.165, 1.54) is 0 Å². The predicted octanol–water partition coefficient (Wildman–Crippen LogP) is -0.0852. The summed E-state index contributed by atoms with van der Waals surface area (Å²) in [6.07, 6.45) is 0.812. The van der Waals surface area contributed by atoms with Crippen LogP contribution in [0, 0.1) is 0 Å². The minimum absolute atomic E-state index is 0.0417. The lowest BCUT2D eigenvalue weighted by Crippen LogP contribution is -2.05. The van der Waals surface area contributed by atoms with E-state index in [0.29, 0.717) is 12.3 Å². The third-order valence-electron chi connectivity index (χ3n) is 1.68. The third kappa shape index (κ3) is 6.15. The van der Waals surface area contributed by atoms with Gasteiger partial charge in [0.15, 0.2) is 7.37 Å². The molecule has 0 radical (unpaired) electrons. The van der Waals surface area contributed by atoms with Crippen molar-refractivity contribution in [2.45, 2.75) is 13.8 Å². The van der Waals surface area contributed by atoms with E-state index >= 15 is 0 Å². The number of nitrogens with two attached hydrogens (primary N) is 3. The first-order valence-corrected chi connectivity index (χ1v) is 6.67. The van der Waals surface area contributed by atoms with Gasteiger partial charge in [0.1, 0.15) is 0 Å². The van der Waals surface area contributed by atoms with E-state index in [1.807, 2.05) is 0 Å². The van der Waals surface area contributed by atoms with Gasteiger partial charge in [0.05, 0.1) is 0 Å². The number of rotatable bonds is 2. The van der Waals surface area contributed by atoms with Crippen LogP contribution in [-0.2, 0) is 4.57 Å². The summed E-state index contributed by atoms with van der Waals surface area (Å²) >= 11 is 0. The lowest BCUT2D eigenvalue weighted by molar-refractivity contribution is 0.481. The molecule has 92 valence electrons. The Bertz CT molecular complexity index is 327. The largest absolute Gasteiger partial charge is 0.368 e. The molecule has 0 saturated carbocycles. The van der Waals surface area contributed by atoms with E-state index in [1.54, 1.807) is 13.8 Å². The van der Waals surface area contributed by atoms with Crippen LogP contribution in [0.25, 0.3) is 0 Å². The Labute approximate surface area is 93.7 Å². The molecule has 7 N–H and O–H groups in total. The first-order chi connectivity index (χ1) is 7.30. The number of nitrogens with zero attached hydrogens (tertiary/aromatic N) is 3. The van der Waals surface area contributed by atoms with Gasteiger partial charge in [-0.05, 0) is 0 Å². The molecule has 0 aromatic carbocycles. The number of aromatic nitrogens is 3. The second kappa shape index (κ2) is 6.24. The van der Waals surface area contributed by atoms with Crippen LogP contribution in [-0.4, -0.2) is 32.2 Å². The summed E-state index contributed by atoms with van der Waals surface area (Å²) in [7, 11) is -2.65. The van der Waals surface area contributed by atoms with E-state index < -0.39 is 7.37 Å². The van der Waals surface area contributed by atoms with Crippen molar-refractivity contribution in [1.29, 1.82) is 0 Å². The molecule has 0 amide bonds. The zero-order valence-electron chi connectivity index (χ0n) is 9.29. The normalized spacial score (nSPS) is 10.4. The number of anilines is 3. The second-order valence-corrected chi connectivity index (χ2v) is 5.85. The summed E-state index contributed by atoms with van der Waals surface area (Å²) in [6, 6.07) is 0. The predicted molar refractivity (Wildman–Crippen MR) is 64.0 cm³/mol. The number of nitrogen functional groups attached to an aromatic ring is 3. The highest BCUT2D eigenvalue weighted by Crippen LogP contribution is 2.38. The van der Waals surface area contributed by atoms with Crippen molar-refractivity contribution in [3.05, 3.63) is 0 Å². The number of hydrogen-bond donors (Lipinski definition) is 4. The average Bonchev–Trinajstić information content (AvgIpc) is 2.16. The Hall–Kier alpha value is -1.40. The van der Waals surface area contributed by atoms with Crippen molar-refractivity contribution in [3.63, 3.8) is 0 Å². The lowest BCUT2D eigenvalue weighted by atomic mass is 10.9. The fraction of sp³-hybridized carbons (Fsp3) is 0.571. The smallest absolute Gasteiger partial charge is 0.226 e. The van der Waals surface area contributed by atoms with Crippen LogP contribution in [0.1, 0.15) is 13.8 Å². The molecule has 1 aromatic heterocycles. The molecule has 0 aliphatic carbocycles. The molecular formula is C7H17N6O2P. The van der Waals surface area contributed by atoms with Crippen LogP contribution in [0.5, 0.6) is 0 Å². The molecule has 9 heteroatoms. The first kappa shape index (κ1) is 14.6. The highest BCUT2D eigenvalue weighted by atomic mass is 31.2. The number of hydrogen-bond acceptors (Lipinski definition) is 7. The van der Waals surface area contributed by atoms with Crippen molar-refractivity contribution >= 4 is 25.2 Å². The van der Waals surface area contributed by atoms with Gasteiger partial charge in [-0.1, -0.05) is 13.8 Å². The summed E-state index contributed by atoms with van der Waals surface area (Å²) in [6.45, 7) is 3.45. The van der Waals surface area contributed by atoms with Gasteiger partial charge in [0.2, 0.25) is 17.8 Å². The maximum atomic E-state index is 10.5. The summed E-state index contributed by atoms with van der Waals surface area (Å²) in [5.41, 5.74) is 15.4. The van der Waals surface area contributed by atoms with E-state index in [-0.39, 0.29) is 17.8 Å².